The van der Waals surface area contributed by atoms with Gasteiger partial charge in [0.25, 0.3) is 5.91 Å². The van der Waals surface area contributed by atoms with Crippen molar-refractivity contribution < 1.29 is 4.79 Å². The summed E-state index contributed by atoms with van der Waals surface area (Å²) in [6.45, 7) is 11.7. The van der Waals surface area contributed by atoms with Gasteiger partial charge in [0.05, 0.1) is 10.2 Å². The van der Waals surface area contributed by atoms with Crippen LogP contribution in [0.5, 0.6) is 0 Å². The second kappa shape index (κ2) is 8.63. The van der Waals surface area contributed by atoms with Crippen LogP contribution in [0.1, 0.15) is 35.3 Å². The van der Waals surface area contributed by atoms with Crippen LogP contribution >= 0.6 is 11.3 Å². The molecule has 0 aliphatic heterocycles. The predicted molar refractivity (Wildman–Crippen MR) is 115 cm³/mol. The SMILES string of the molecule is CCN(CC)CCN(C(=O)c1cc(C)ccc1C)c1nc2ccccc2s1. The molecule has 0 fully saturated rings. The van der Waals surface area contributed by atoms with Crippen LogP contribution in [-0.2, 0) is 0 Å². The van der Waals surface area contributed by atoms with Gasteiger partial charge in [0, 0.05) is 18.7 Å². The largest absolute Gasteiger partial charge is 0.302 e. The summed E-state index contributed by atoms with van der Waals surface area (Å²) >= 11 is 1.58. The van der Waals surface area contributed by atoms with E-state index in [1.165, 1.54) is 0 Å². The summed E-state index contributed by atoms with van der Waals surface area (Å²) in [5, 5.41) is 0.772. The molecule has 3 rings (SSSR count). The van der Waals surface area contributed by atoms with E-state index in [1.54, 1.807) is 11.3 Å². The molecule has 0 aliphatic rings. The van der Waals surface area contributed by atoms with Crippen molar-refractivity contribution in [2.75, 3.05) is 31.1 Å². The van der Waals surface area contributed by atoms with Crippen LogP contribution in [0.25, 0.3) is 10.2 Å². The molecule has 0 atom stereocenters. The maximum Gasteiger partial charge on any atom is 0.260 e. The molecule has 0 radical (unpaired) electrons. The van der Waals surface area contributed by atoms with Gasteiger partial charge in [0.2, 0.25) is 0 Å². The number of anilines is 1. The zero-order valence-electron chi connectivity index (χ0n) is 16.5. The predicted octanol–water partition coefficient (Wildman–Crippen LogP) is 4.90. The Hall–Kier alpha value is -2.24. The number of aromatic nitrogens is 1. The van der Waals surface area contributed by atoms with Crippen LogP contribution in [0.3, 0.4) is 0 Å². The lowest BCUT2D eigenvalue weighted by Crippen LogP contribution is -2.39. The van der Waals surface area contributed by atoms with Crippen LogP contribution in [0.15, 0.2) is 42.5 Å². The Balaban J connectivity index is 1.98. The van der Waals surface area contributed by atoms with E-state index in [0.717, 1.165) is 51.7 Å². The number of carbonyl (C=O) groups excluding carboxylic acids is 1. The topological polar surface area (TPSA) is 36.4 Å². The number of amides is 1. The summed E-state index contributed by atoms with van der Waals surface area (Å²) in [5.41, 5.74) is 3.80. The van der Waals surface area contributed by atoms with E-state index >= 15 is 0 Å². The maximum atomic E-state index is 13.5. The maximum absolute atomic E-state index is 13.5. The molecule has 4 nitrogen and oxygen atoms in total. The number of thiazole rings is 1. The average Bonchev–Trinajstić information content (AvgIpc) is 3.10. The van der Waals surface area contributed by atoms with Crippen molar-refractivity contribution in [3.05, 3.63) is 59.2 Å². The molecular formula is C22H27N3OS. The quantitative estimate of drug-likeness (QED) is 0.584. The first-order chi connectivity index (χ1) is 13.0. The average molecular weight is 382 g/mol. The smallest absolute Gasteiger partial charge is 0.260 e. The first kappa shape index (κ1) is 19.5. The summed E-state index contributed by atoms with van der Waals surface area (Å²) in [7, 11) is 0. The number of hydrogen-bond acceptors (Lipinski definition) is 4. The van der Waals surface area contributed by atoms with E-state index in [-0.39, 0.29) is 5.91 Å². The van der Waals surface area contributed by atoms with Crippen molar-refractivity contribution in [1.82, 2.24) is 9.88 Å². The van der Waals surface area contributed by atoms with E-state index in [2.05, 4.69) is 24.8 Å². The fourth-order valence-corrected chi connectivity index (χ4v) is 4.14. The third-order valence-corrected chi connectivity index (χ3v) is 5.98. The van der Waals surface area contributed by atoms with Gasteiger partial charge in [-0.05, 0) is 50.7 Å². The number of para-hydroxylation sites is 1. The molecule has 0 N–H and O–H groups in total. The van der Waals surface area contributed by atoms with E-state index in [0.29, 0.717) is 6.54 Å². The highest BCUT2D eigenvalue weighted by Gasteiger charge is 2.23. The lowest BCUT2D eigenvalue weighted by molar-refractivity contribution is 0.0983. The van der Waals surface area contributed by atoms with Gasteiger partial charge in [0.1, 0.15) is 0 Å². The second-order valence-electron chi connectivity index (χ2n) is 6.77. The molecule has 0 aliphatic carbocycles. The number of likely N-dealkylation sites (N-methyl/N-ethyl adjacent to an activating group) is 1. The fraction of sp³-hybridized carbons (Fsp3) is 0.364. The van der Waals surface area contributed by atoms with Crippen molar-refractivity contribution >= 4 is 32.6 Å². The van der Waals surface area contributed by atoms with Crippen molar-refractivity contribution in [2.45, 2.75) is 27.7 Å². The molecule has 2 aromatic carbocycles. The number of benzene rings is 2. The number of carbonyl (C=O) groups is 1. The molecule has 0 bridgehead atoms. The monoisotopic (exact) mass is 381 g/mol. The van der Waals surface area contributed by atoms with Gasteiger partial charge in [-0.2, -0.15) is 0 Å². The number of rotatable bonds is 7. The summed E-state index contributed by atoms with van der Waals surface area (Å²) in [4.78, 5) is 22.4. The van der Waals surface area contributed by atoms with Gasteiger partial charge in [-0.25, -0.2) is 4.98 Å². The minimum Gasteiger partial charge on any atom is -0.302 e. The van der Waals surface area contributed by atoms with Crippen LogP contribution in [0.4, 0.5) is 5.13 Å². The van der Waals surface area contributed by atoms with Crippen molar-refractivity contribution in [2.24, 2.45) is 0 Å². The fourth-order valence-electron chi connectivity index (χ4n) is 3.15. The lowest BCUT2D eigenvalue weighted by atomic mass is 10.0. The van der Waals surface area contributed by atoms with Crippen molar-refractivity contribution in [3.8, 4) is 0 Å². The van der Waals surface area contributed by atoms with Crippen LogP contribution < -0.4 is 4.90 Å². The Morgan fingerprint density at radius 2 is 1.78 bits per heavy atom. The highest BCUT2D eigenvalue weighted by atomic mass is 32.1. The normalized spacial score (nSPS) is 11.3. The first-order valence-corrected chi connectivity index (χ1v) is 10.3. The summed E-state index contributed by atoms with van der Waals surface area (Å²) in [6, 6.07) is 14.1. The first-order valence-electron chi connectivity index (χ1n) is 9.50. The van der Waals surface area contributed by atoms with Crippen LogP contribution in [-0.4, -0.2) is 42.0 Å². The van der Waals surface area contributed by atoms with Crippen molar-refractivity contribution in [3.63, 3.8) is 0 Å². The van der Waals surface area contributed by atoms with Gasteiger partial charge in [-0.1, -0.05) is 55.0 Å². The van der Waals surface area contributed by atoms with E-state index < -0.39 is 0 Å². The molecule has 0 saturated heterocycles. The highest BCUT2D eigenvalue weighted by Crippen LogP contribution is 2.30. The van der Waals surface area contributed by atoms with Crippen LogP contribution in [0.2, 0.25) is 0 Å². The zero-order valence-corrected chi connectivity index (χ0v) is 17.3. The summed E-state index contributed by atoms with van der Waals surface area (Å²) < 4.78 is 1.11. The third kappa shape index (κ3) is 4.37. The number of fused-ring (bicyclic) bond motifs is 1. The molecule has 1 heterocycles. The minimum absolute atomic E-state index is 0.0300. The molecule has 142 valence electrons. The molecule has 0 saturated carbocycles. The van der Waals surface area contributed by atoms with Crippen LogP contribution in [0, 0.1) is 13.8 Å². The third-order valence-electron chi connectivity index (χ3n) is 4.92. The second-order valence-corrected chi connectivity index (χ2v) is 7.78. The molecular weight excluding hydrogens is 354 g/mol. The Labute approximate surface area is 165 Å². The molecule has 1 aromatic heterocycles. The highest BCUT2D eigenvalue weighted by molar-refractivity contribution is 7.22. The Morgan fingerprint density at radius 3 is 2.48 bits per heavy atom. The Morgan fingerprint density at radius 1 is 1.04 bits per heavy atom. The molecule has 27 heavy (non-hydrogen) atoms. The molecule has 0 spiro atoms. The van der Waals surface area contributed by atoms with Gasteiger partial charge < -0.3 is 4.90 Å². The zero-order chi connectivity index (χ0) is 19.4. The summed E-state index contributed by atoms with van der Waals surface area (Å²) in [5.74, 6) is 0.0300. The molecule has 3 aromatic rings. The molecule has 0 unspecified atom stereocenters. The Kier molecular flexibility index (Phi) is 6.24. The standard InChI is InChI=1S/C22H27N3OS/c1-5-24(6-2)13-14-25(21(26)18-15-16(3)11-12-17(18)4)22-23-19-9-7-8-10-20(19)27-22/h7-12,15H,5-6,13-14H2,1-4H3. The van der Waals surface area contributed by atoms with Gasteiger partial charge in [-0.15, -0.1) is 0 Å². The van der Waals surface area contributed by atoms with Gasteiger partial charge in [-0.3, -0.25) is 9.69 Å². The minimum atomic E-state index is 0.0300. The van der Waals surface area contributed by atoms with Crippen molar-refractivity contribution in [1.29, 1.82) is 0 Å². The van der Waals surface area contributed by atoms with E-state index in [1.807, 2.05) is 55.1 Å². The molecule has 5 heteroatoms. The van der Waals surface area contributed by atoms with E-state index in [9.17, 15) is 4.79 Å². The Bertz CT molecular complexity index is 897. The lowest BCUT2D eigenvalue weighted by Gasteiger charge is -2.25. The number of aryl methyl sites for hydroxylation is 2. The summed E-state index contributed by atoms with van der Waals surface area (Å²) in [6.07, 6.45) is 0. The van der Waals surface area contributed by atoms with Gasteiger partial charge in [0.15, 0.2) is 5.13 Å². The number of hydrogen-bond donors (Lipinski definition) is 0. The molecule has 1 amide bonds. The van der Waals surface area contributed by atoms with Gasteiger partial charge >= 0.3 is 0 Å². The number of nitrogens with zero attached hydrogens (tertiary/aromatic N) is 3. The van der Waals surface area contributed by atoms with E-state index in [4.69, 9.17) is 4.98 Å².